The van der Waals surface area contributed by atoms with Crippen molar-refractivity contribution in [3.63, 3.8) is 0 Å². The van der Waals surface area contributed by atoms with E-state index in [1.807, 2.05) is 0 Å². The van der Waals surface area contributed by atoms with Gasteiger partial charge >= 0.3 is 0 Å². The van der Waals surface area contributed by atoms with E-state index in [0.717, 1.165) is 5.92 Å². The molecule has 0 bridgehead atoms. The largest absolute Gasteiger partial charge is 1.00 e. The third-order valence-electron chi connectivity index (χ3n) is 6.37. The van der Waals surface area contributed by atoms with Gasteiger partial charge in [-0.2, -0.15) is 0 Å². The summed E-state index contributed by atoms with van der Waals surface area (Å²) in [5, 5.41) is 0. The molecule has 2 atom stereocenters. The average molecular weight is 456 g/mol. The molecule has 3 rings (SSSR count). The summed E-state index contributed by atoms with van der Waals surface area (Å²) in [6, 6.07) is 3.06. The minimum atomic E-state index is 0. The third-order valence-corrected chi connectivity index (χ3v) is 6.37. The van der Waals surface area contributed by atoms with Gasteiger partial charge in [-0.25, -0.2) is 4.98 Å². The van der Waals surface area contributed by atoms with E-state index in [9.17, 15) is 0 Å². The molecular weight excluding hydrogens is 419 g/mol. The number of aryl methyl sites for hydroxylation is 1. The second-order valence-electron chi connectivity index (χ2n) is 8.13. The van der Waals surface area contributed by atoms with Crippen molar-refractivity contribution in [1.82, 2.24) is 4.90 Å². The number of aromatic nitrogens is 1. The Bertz CT molecular complexity index is 517. The van der Waals surface area contributed by atoms with Crippen molar-refractivity contribution in [2.45, 2.75) is 90.0 Å². The van der Waals surface area contributed by atoms with Gasteiger partial charge in [0.1, 0.15) is 0 Å². The van der Waals surface area contributed by atoms with E-state index < -0.39 is 0 Å². The quantitative estimate of drug-likeness (QED) is 0.411. The van der Waals surface area contributed by atoms with Crippen molar-refractivity contribution in [2.24, 2.45) is 5.92 Å². The van der Waals surface area contributed by atoms with Crippen molar-refractivity contribution in [1.29, 1.82) is 0 Å². The van der Waals surface area contributed by atoms with Crippen LogP contribution in [0.5, 0.6) is 0 Å². The first-order valence-corrected chi connectivity index (χ1v) is 10.5. The molecule has 0 saturated carbocycles. The summed E-state index contributed by atoms with van der Waals surface area (Å²) in [5.41, 5.74) is 4.84. The number of pyridine rings is 1. The number of hydrogen-bond acceptors (Lipinski definition) is 1. The molecule has 1 saturated heterocycles. The number of rotatable bonds is 9. The maximum absolute atomic E-state index is 3.59. The fourth-order valence-electron chi connectivity index (χ4n) is 4.97. The molecule has 2 aliphatic rings. The summed E-state index contributed by atoms with van der Waals surface area (Å²) in [5.74, 6) is 0.904. The lowest BCUT2D eigenvalue weighted by molar-refractivity contribution is -0.391. The summed E-state index contributed by atoms with van der Waals surface area (Å²) < 4.78 is 0. The van der Waals surface area contributed by atoms with Crippen LogP contribution in [0.1, 0.15) is 94.0 Å². The summed E-state index contributed by atoms with van der Waals surface area (Å²) in [6.45, 7) is 3.57. The standard InChI is InChI=1S/C22H36N2.HI/c1-3-4-5-6-7-8-9-10-11-21-19-13-12-18-15-17-24(2)22(18)20(19)14-16-23-21;/h14,16,18,22H,3-13,15,17H2,1-2H3;1H/t18-,22+;/m0./s1. The van der Waals surface area contributed by atoms with Crippen molar-refractivity contribution in [2.75, 3.05) is 13.6 Å². The van der Waals surface area contributed by atoms with Crippen LogP contribution >= 0.6 is 0 Å². The minimum absolute atomic E-state index is 0. The van der Waals surface area contributed by atoms with E-state index in [2.05, 4.69) is 36.1 Å². The molecule has 0 amide bonds. The molecule has 25 heavy (non-hydrogen) atoms. The van der Waals surface area contributed by atoms with Crippen LogP contribution in [0.15, 0.2) is 12.3 Å². The molecule has 1 N–H and O–H groups in total. The van der Waals surface area contributed by atoms with E-state index in [4.69, 9.17) is 0 Å². The number of fused-ring (bicyclic) bond motifs is 3. The Hall–Kier alpha value is -0.160. The van der Waals surface area contributed by atoms with E-state index >= 15 is 0 Å². The molecule has 1 aromatic heterocycles. The molecule has 0 spiro atoms. The van der Waals surface area contributed by atoms with Gasteiger partial charge in [0.25, 0.3) is 0 Å². The van der Waals surface area contributed by atoms with Crippen LogP contribution in [-0.4, -0.2) is 18.5 Å². The van der Waals surface area contributed by atoms with Gasteiger partial charge in [0.05, 0.1) is 0 Å². The van der Waals surface area contributed by atoms with Gasteiger partial charge in [-0.1, -0.05) is 51.9 Å². The van der Waals surface area contributed by atoms with Crippen molar-refractivity contribution in [3.05, 3.63) is 29.1 Å². The molecule has 1 fully saturated rings. The molecule has 0 unspecified atom stereocenters. The molecule has 2 nitrogen and oxygen atoms in total. The highest BCUT2D eigenvalue weighted by Gasteiger charge is 2.38. The number of nitrogens with one attached hydrogen (secondary N) is 1. The number of aromatic amines is 1. The van der Waals surface area contributed by atoms with E-state index in [0.29, 0.717) is 6.04 Å². The molecule has 1 aliphatic heterocycles. The predicted molar refractivity (Wildman–Crippen MR) is 101 cm³/mol. The van der Waals surface area contributed by atoms with Crippen LogP contribution in [0.3, 0.4) is 0 Å². The molecule has 1 aliphatic carbocycles. The summed E-state index contributed by atoms with van der Waals surface area (Å²) in [6.07, 6.45) is 18.8. The van der Waals surface area contributed by atoms with Crippen LogP contribution in [0.2, 0.25) is 0 Å². The number of nitrogens with zero attached hydrogens (tertiary/aromatic N) is 1. The number of H-pyrrole nitrogens is 1. The van der Waals surface area contributed by atoms with Crippen LogP contribution in [0.25, 0.3) is 0 Å². The van der Waals surface area contributed by atoms with Crippen LogP contribution in [-0.2, 0) is 12.8 Å². The average Bonchev–Trinajstić information content (AvgIpc) is 2.99. The normalized spacial score (nSPS) is 22.3. The number of halogens is 1. The lowest BCUT2D eigenvalue weighted by atomic mass is 9.79. The zero-order valence-corrected chi connectivity index (χ0v) is 18.5. The van der Waals surface area contributed by atoms with Crippen LogP contribution in [0.4, 0.5) is 0 Å². The first kappa shape index (κ1) is 21.1. The van der Waals surface area contributed by atoms with Gasteiger partial charge in [0.15, 0.2) is 11.9 Å². The van der Waals surface area contributed by atoms with E-state index in [-0.39, 0.29) is 24.0 Å². The highest BCUT2D eigenvalue weighted by molar-refractivity contribution is 5.34. The van der Waals surface area contributed by atoms with Gasteiger partial charge in [0.2, 0.25) is 0 Å². The Labute approximate surface area is 172 Å². The van der Waals surface area contributed by atoms with Gasteiger partial charge in [-0.05, 0) is 50.8 Å². The fourth-order valence-corrected chi connectivity index (χ4v) is 4.97. The molecule has 2 heterocycles. The van der Waals surface area contributed by atoms with Crippen molar-refractivity contribution < 1.29 is 29.0 Å². The SMILES string of the molecule is CCCCCCCCCCc1[nH+]ccc2c1CC[C@H]1CCN(C)[C@@H]21.[I-]. The minimum Gasteiger partial charge on any atom is -1.00 e. The maximum Gasteiger partial charge on any atom is 0.183 e. The summed E-state index contributed by atoms with van der Waals surface area (Å²) in [4.78, 5) is 6.18. The van der Waals surface area contributed by atoms with Crippen molar-refractivity contribution >= 4 is 0 Å². The number of likely N-dealkylation sites (tertiary alicyclic amines) is 1. The third kappa shape index (κ3) is 5.41. The molecule has 0 aromatic carbocycles. The second-order valence-corrected chi connectivity index (χ2v) is 8.13. The second kappa shape index (κ2) is 10.9. The van der Waals surface area contributed by atoms with Gasteiger partial charge in [-0.3, -0.25) is 4.90 Å². The summed E-state index contributed by atoms with van der Waals surface area (Å²) >= 11 is 0. The Morgan fingerprint density at radius 1 is 1.04 bits per heavy atom. The smallest absolute Gasteiger partial charge is 0.183 e. The Morgan fingerprint density at radius 3 is 2.52 bits per heavy atom. The lowest BCUT2D eigenvalue weighted by Gasteiger charge is -2.31. The van der Waals surface area contributed by atoms with Crippen LogP contribution in [0, 0.1) is 5.92 Å². The van der Waals surface area contributed by atoms with E-state index in [1.54, 1.807) is 11.1 Å². The zero-order chi connectivity index (χ0) is 16.8. The Morgan fingerprint density at radius 2 is 1.76 bits per heavy atom. The maximum atomic E-state index is 3.59. The van der Waals surface area contributed by atoms with Crippen molar-refractivity contribution in [3.8, 4) is 0 Å². The first-order valence-electron chi connectivity index (χ1n) is 10.5. The monoisotopic (exact) mass is 456 g/mol. The topological polar surface area (TPSA) is 17.4 Å². The summed E-state index contributed by atoms with van der Waals surface area (Å²) in [7, 11) is 2.31. The highest BCUT2D eigenvalue weighted by Crippen LogP contribution is 2.44. The molecule has 142 valence electrons. The molecule has 1 aromatic rings. The lowest BCUT2D eigenvalue weighted by Crippen LogP contribution is -3.00. The fraction of sp³-hybridized carbons (Fsp3) is 0.773. The highest BCUT2D eigenvalue weighted by atomic mass is 127. The number of unbranched alkanes of at least 4 members (excludes halogenated alkanes) is 7. The molecule has 0 radical (unpaired) electrons. The Balaban J connectivity index is 0.00000225. The zero-order valence-electron chi connectivity index (χ0n) is 16.3. The first-order chi connectivity index (χ1) is 11.8. The molecule has 3 heteroatoms. The number of hydrogen-bond donors (Lipinski definition) is 0. The van der Waals surface area contributed by atoms with E-state index in [1.165, 1.54) is 89.3 Å². The predicted octanol–water partition coefficient (Wildman–Crippen LogP) is 2.13. The van der Waals surface area contributed by atoms with Gasteiger partial charge in [0, 0.05) is 24.1 Å². The van der Waals surface area contributed by atoms with Gasteiger partial charge < -0.3 is 24.0 Å². The molecular formula is C22H37IN2. The van der Waals surface area contributed by atoms with Gasteiger partial charge in [-0.15, -0.1) is 0 Å². The Kier molecular flexibility index (Phi) is 9.18. The van der Waals surface area contributed by atoms with Crippen LogP contribution < -0.4 is 29.0 Å².